The van der Waals surface area contributed by atoms with Gasteiger partial charge in [0.25, 0.3) is 0 Å². The highest BCUT2D eigenvalue weighted by atomic mass is 19.1. The first kappa shape index (κ1) is 83.9. The summed E-state index contributed by atoms with van der Waals surface area (Å²) in [6.07, 6.45) is 0. The summed E-state index contributed by atoms with van der Waals surface area (Å²) in [7, 11) is 0. The maximum Gasteiger partial charge on any atom is 0.123 e. The van der Waals surface area contributed by atoms with Crippen LogP contribution in [0, 0.1) is 5.82 Å². The summed E-state index contributed by atoms with van der Waals surface area (Å²) < 4.78 is 28.0. The molecule has 7 heteroatoms. The van der Waals surface area contributed by atoms with Crippen molar-refractivity contribution >= 4 is 163 Å². The predicted octanol–water partition coefficient (Wildman–Crippen LogP) is 37.2. The molecular formula is C138H89FN6. The molecule has 24 aromatic carbocycles. The second-order valence-electron chi connectivity index (χ2n) is 38.0. The fourth-order valence-corrected chi connectivity index (χ4v) is 22.9. The molecule has 678 valence electrons. The largest absolute Gasteiger partial charge is 0.309 e. The Morgan fingerprint density at radius 3 is 0.710 bits per heavy atom. The van der Waals surface area contributed by atoms with Gasteiger partial charge in [-0.1, -0.05) is 340 Å². The highest BCUT2D eigenvalue weighted by molar-refractivity contribution is 6.18. The number of benzene rings is 24. The fraction of sp³-hybridized carbons (Fsp3) is 0. The molecule has 0 spiro atoms. The van der Waals surface area contributed by atoms with Gasteiger partial charge in [-0.05, 0) is 294 Å². The minimum atomic E-state index is -0.235. The number of halogens is 1. The lowest BCUT2D eigenvalue weighted by atomic mass is 9.99. The van der Waals surface area contributed by atoms with Crippen LogP contribution in [0.3, 0.4) is 0 Å². The predicted molar refractivity (Wildman–Crippen MR) is 610 cm³/mol. The molecule has 6 aromatic heterocycles. The van der Waals surface area contributed by atoms with E-state index in [0.717, 1.165) is 39.3 Å². The van der Waals surface area contributed by atoms with Crippen molar-refractivity contribution in [3.05, 3.63) is 546 Å². The summed E-state index contributed by atoms with van der Waals surface area (Å²) in [6, 6.07) is 194. The van der Waals surface area contributed by atoms with Crippen LogP contribution in [0.25, 0.3) is 264 Å². The van der Waals surface area contributed by atoms with Crippen LogP contribution in [0.15, 0.2) is 540 Å². The van der Waals surface area contributed by atoms with E-state index >= 15 is 0 Å². The van der Waals surface area contributed by atoms with Crippen molar-refractivity contribution in [2.45, 2.75) is 0 Å². The quantitative estimate of drug-likeness (QED) is 0.117. The number of hydrogen-bond acceptors (Lipinski definition) is 0. The summed E-state index contributed by atoms with van der Waals surface area (Å²) in [5, 5.41) is 22.4. The van der Waals surface area contributed by atoms with E-state index in [2.05, 4.69) is 543 Å². The number of hydrogen-bond donors (Lipinski definition) is 0. The summed E-state index contributed by atoms with van der Waals surface area (Å²) in [5.41, 5.74) is 35.6. The number of rotatable bonds is 12. The molecule has 0 amide bonds. The lowest BCUT2D eigenvalue weighted by Crippen LogP contribution is -1.95. The van der Waals surface area contributed by atoms with Crippen LogP contribution in [0.2, 0.25) is 0 Å². The zero-order valence-electron chi connectivity index (χ0n) is 78.9. The van der Waals surface area contributed by atoms with Gasteiger partial charge in [0, 0.05) is 98.5 Å². The summed E-state index contributed by atoms with van der Waals surface area (Å²) in [5.74, 6) is -0.235. The van der Waals surface area contributed by atoms with E-state index < -0.39 is 0 Å². The van der Waals surface area contributed by atoms with Crippen molar-refractivity contribution in [3.63, 3.8) is 0 Å². The van der Waals surface area contributed by atoms with Crippen LogP contribution in [0.5, 0.6) is 0 Å². The van der Waals surface area contributed by atoms with E-state index in [1.165, 1.54) is 237 Å². The Morgan fingerprint density at radius 1 is 0.110 bits per heavy atom. The fourth-order valence-electron chi connectivity index (χ4n) is 22.9. The molecule has 0 saturated carbocycles. The van der Waals surface area contributed by atoms with Crippen molar-refractivity contribution in [3.8, 4) is 101 Å². The zero-order chi connectivity index (χ0) is 95.7. The first-order valence-corrected chi connectivity index (χ1v) is 49.7. The Labute approximate surface area is 835 Å². The van der Waals surface area contributed by atoms with Crippen molar-refractivity contribution in [1.82, 2.24) is 27.4 Å². The van der Waals surface area contributed by atoms with Gasteiger partial charge >= 0.3 is 0 Å². The summed E-state index contributed by atoms with van der Waals surface area (Å²) in [4.78, 5) is 0. The second kappa shape index (κ2) is 34.7. The molecular weight excluding hydrogens is 1760 g/mol. The van der Waals surface area contributed by atoms with Gasteiger partial charge in [0.15, 0.2) is 0 Å². The molecule has 0 fully saturated rings. The van der Waals surface area contributed by atoms with Crippen LogP contribution in [-0.2, 0) is 0 Å². The number of aromatic nitrogens is 6. The van der Waals surface area contributed by atoms with E-state index in [1.807, 2.05) is 12.1 Å². The molecule has 0 radical (unpaired) electrons. The van der Waals surface area contributed by atoms with Gasteiger partial charge in [0.1, 0.15) is 5.82 Å². The normalized spacial score (nSPS) is 11.8. The van der Waals surface area contributed by atoms with Gasteiger partial charge in [0.2, 0.25) is 0 Å². The van der Waals surface area contributed by atoms with Crippen LogP contribution in [-0.4, -0.2) is 27.4 Å². The molecule has 30 aromatic rings. The number of fused-ring (bicyclic) bond motifs is 21. The standard InChI is InChI=1S/C46H29FN2.2C46H30N2/c47-36-19-23-38(24-20-36)49-44-12-6-4-10-40(44)42-29-35(18-26-46(42)49)34-17-25-45-41(28-34)39-9-3-5-11-43(39)48(45)37-21-15-31(16-22-37)33-14-13-30-7-1-2-8-32(30)27-33;1-3-12-31(13-4-1)35-22-25-39-41-29-33(23-26-44(41)47(46(39)30-35)36-16-5-2-6-17-36)34-24-27-45-40(28-34)38-19-9-10-20-43(38)48(45)42-21-11-15-32-14-7-8-18-37(32)42;1-2-12-37(13-3-1)47-43-16-8-6-14-39(43)41-29-35(22-26-45(41)47)36-23-27-46-42(30-36)40-15-7-9-17-44(40)48(46)38-24-20-32(21-25-38)34-19-18-31-10-4-5-11-33(31)28-34/h1-29H;2*1-30H. The Hall–Kier alpha value is -19.2. The van der Waals surface area contributed by atoms with Gasteiger partial charge in [-0.25, -0.2) is 4.39 Å². The third-order valence-corrected chi connectivity index (χ3v) is 29.8. The van der Waals surface area contributed by atoms with Crippen LogP contribution in [0.1, 0.15) is 0 Å². The maximum absolute atomic E-state index is 13.8. The second-order valence-corrected chi connectivity index (χ2v) is 38.0. The van der Waals surface area contributed by atoms with Crippen LogP contribution < -0.4 is 0 Å². The highest BCUT2D eigenvalue weighted by Gasteiger charge is 2.24. The molecule has 0 aliphatic rings. The number of nitrogens with zero attached hydrogens (tertiary/aromatic N) is 6. The summed E-state index contributed by atoms with van der Waals surface area (Å²) in [6.45, 7) is 0. The van der Waals surface area contributed by atoms with E-state index in [4.69, 9.17) is 0 Å². The van der Waals surface area contributed by atoms with Crippen molar-refractivity contribution in [1.29, 1.82) is 0 Å². The van der Waals surface area contributed by atoms with Crippen molar-refractivity contribution < 1.29 is 4.39 Å². The Kier molecular flexibility index (Phi) is 20.1. The van der Waals surface area contributed by atoms with Gasteiger partial charge in [-0.15, -0.1) is 0 Å². The average molecular weight is 1850 g/mol. The maximum atomic E-state index is 13.8. The van der Waals surface area contributed by atoms with Gasteiger partial charge in [-0.2, -0.15) is 0 Å². The van der Waals surface area contributed by atoms with Gasteiger partial charge in [0.05, 0.1) is 71.9 Å². The van der Waals surface area contributed by atoms with Crippen molar-refractivity contribution in [2.24, 2.45) is 0 Å². The van der Waals surface area contributed by atoms with E-state index in [1.54, 1.807) is 0 Å². The van der Waals surface area contributed by atoms with Crippen LogP contribution >= 0.6 is 0 Å². The highest BCUT2D eigenvalue weighted by Crippen LogP contribution is 2.46. The number of para-hydroxylation sites is 7. The Bertz CT molecular complexity index is 10400. The average Bonchev–Trinajstić information content (AvgIpc) is 1.58. The SMILES string of the molecule is Fc1ccc(-n2c3ccccc3c3cc(-c4ccc5c(c4)c4ccccc4n5-c4ccc(-c5ccc6ccccc6c5)cc4)ccc32)cc1.c1ccc(-c2ccc3c4cc(-c5ccc6c(c5)c5ccccc5n6-c5cccc6ccccc56)ccc4n(-c4ccccc4)c3c2)cc1.c1ccc(-n2c3ccccc3c3cc(-c4ccc5c(c4)c4ccccc4n5-c4ccc(-c5ccc6ccccc6c5)cc4)ccc32)cc1. The topological polar surface area (TPSA) is 29.6 Å². The molecule has 6 nitrogen and oxygen atoms in total. The first-order valence-electron chi connectivity index (χ1n) is 49.7. The molecule has 0 aliphatic carbocycles. The van der Waals surface area contributed by atoms with Gasteiger partial charge in [-0.3, -0.25) is 0 Å². The third-order valence-electron chi connectivity index (χ3n) is 29.8. The minimum absolute atomic E-state index is 0.235. The zero-order valence-corrected chi connectivity index (χ0v) is 78.9. The first-order chi connectivity index (χ1) is 71.8. The molecule has 145 heavy (non-hydrogen) atoms. The molecule has 0 aliphatic heterocycles. The van der Waals surface area contributed by atoms with E-state index in [-0.39, 0.29) is 5.82 Å². The summed E-state index contributed by atoms with van der Waals surface area (Å²) >= 11 is 0. The third kappa shape index (κ3) is 14.4. The lowest BCUT2D eigenvalue weighted by molar-refractivity contribution is 0.627. The Balaban J connectivity index is 0.000000106. The molecule has 0 atom stereocenters. The van der Waals surface area contributed by atoms with E-state index in [9.17, 15) is 4.39 Å². The van der Waals surface area contributed by atoms with E-state index in [0.29, 0.717) is 0 Å². The molecule has 6 heterocycles. The smallest absolute Gasteiger partial charge is 0.123 e. The van der Waals surface area contributed by atoms with Gasteiger partial charge < -0.3 is 27.4 Å². The van der Waals surface area contributed by atoms with Crippen LogP contribution in [0.4, 0.5) is 4.39 Å². The molecule has 0 bridgehead atoms. The molecule has 0 unspecified atom stereocenters. The Morgan fingerprint density at radius 2 is 0.338 bits per heavy atom. The lowest BCUT2D eigenvalue weighted by Gasteiger charge is -2.12. The van der Waals surface area contributed by atoms with Crippen molar-refractivity contribution in [2.75, 3.05) is 0 Å². The minimum Gasteiger partial charge on any atom is -0.309 e. The monoisotopic (exact) mass is 1850 g/mol. The molecule has 30 rings (SSSR count). The molecule has 0 N–H and O–H groups in total. The molecule has 0 saturated heterocycles.